The molecule has 0 aliphatic heterocycles. The summed E-state index contributed by atoms with van der Waals surface area (Å²) in [4.78, 5) is 11.0. The number of carboxylic acids is 1. The Labute approximate surface area is 168 Å². The van der Waals surface area contributed by atoms with Gasteiger partial charge in [0.05, 0.1) is 4.90 Å². The topological polar surface area (TPSA) is 74.7 Å². The highest BCUT2D eigenvalue weighted by Crippen LogP contribution is 2.24. The molecular formula is C22H29NO4S. The van der Waals surface area contributed by atoms with Gasteiger partial charge in [-0.3, -0.25) is 4.79 Å². The molecule has 0 heterocycles. The van der Waals surface area contributed by atoms with Gasteiger partial charge in [-0.15, -0.1) is 0 Å². The number of hydrogen-bond donors (Lipinski definition) is 1. The van der Waals surface area contributed by atoms with Gasteiger partial charge in [-0.05, 0) is 54.5 Å². The molecule has 6 heteroatoms. The van der Waals surface area contributed by atoms with Crippen LogP contribution in [0.25, 0.3) is 11.1 Å². The van der Waals surface area contributed by atoms with E-state index in [9.17, 15) is 13.2 Å². The smallest absolute Gasteiger partial charge is 0.303 e. The van der Waals surface area contributed by atoms with Crippen LogP contribution in [0.3, 0.4) is 0 Å². The molecule has 0 saturated heterocycles. The van der Waals surface area contributed by atoms with Crippen molar-refractivity contribution in [2.75, 3.05) is 13.1 Å². The quantitative estimate of drug-likeness (QED) is 0.596. The number of carboxylic acid groups (broad SMARTS) is 1. The van der Waals surface area contributed by atoms with E-state index in [0.717, 1.165) is 29.5 Å². The minimum atomic E-state index is -3.47. The molecule has 1 N–H and O–H groups in total. The monoisotopic (exact) mass is 403 g/mol. The number of benzene rings is 2. The zero-order chi connectivity index (χ0) is 20.6. The fourth-order valence-electron chi connectivity index (χ4n) is 3.17. The zero-order valence-corrected chi connectivity index (χ0v) is 17.4. The third-order valence-corrected chi connectivity index (χ3v) is 6.47. The average Bonchev–Trinajstić information content (AvgIpc) is 2.68. The predicted octanol–water partition coefficient (Wildman–Crippen LogP) is 4.57. The molecule has 0 bridgehead atoms. The van der Waals surface area contributed by atoms with E-state index in [0.29, 0.717) is 30.8 Å². The summed E-state index contributed by atoms with van der Waals surface area (Å²) < 4.78 is 27.3. The lowest BCUT2D eigenvalue weighted by Gasteiger charge is -2.21. The van der Waals surface area contributed by atoms with Gasteiger partial charge in [-0.25, -0.2) is 8.42 Å². The van der Waals surface area contributed by atoms with Crippen molar-refractivity contribution in [3.8, 4) is 11.1 Å². The van der Waals surface area contributed by atoms with E-state index in [1.807, 2.05) is 50.2 Å². The molecule has 0 fully saturated rings. The first-order valence-corrected chi connectivity index (χ1v) is 11.2. The van der Waals surface area contributed by atoms with E-state index in [1.165, 1.54) is 0 Å². The van der Waals surface area contributed by atoms with Gasteiger partial charge in [-0.1, -0.05) is 50.2 Å². The van der Waals surface area contributed by atoms with Crippen molar-refractivity contribution in [2.24, 2.45) is 0 Å². The second-order valence-electron chi connectivity index (χ2n) is 6.88. The van der Waals surface area contributed by atoms with Gasteiger partial charge >= 0.3 is 5.97 Å². The van der Waals surface area contributed by atoms with Crippen molar-refractivity contribution in [1.82, 2.24) is 4.31 Å². The van der Waals surface area contributed by atoms with Crippen molar-refractivity contribution >= 4 is 16.0 Å². The molecule has 0 aliphatic rings. The van der Waals surface area contributed by atoms with Crippen molar-refractivity contribution in [2.45, 2.75) is 50.8 Å². The average molecular weight is 404 g/mol. The van der Waals surface area contributed by atoms with Gasteiger partial charge in [0.1, 0.15) is 0 Å². The molecular weight excluding hydrogens is 374 g/mol. The minimum Gasteiger partial charge on any atom is -0.481 e. The van der Waals surface area contributed by atoms with Gasteiger partial charge in [0.2, 0.25) is 10.0 Å². The van der Waals surface area contributed by atoms with Gasteiger partial charge in [-0.2, -0.15) is 4.31 Å². The van der Waals surface area contributed by atoms with E-state index in [-0.39, 0.29) is 6.42 Å². The summed E-state index contributed by atoms with van der Waals surface area (Å²) in [6, 6.07) is 14.9. The lowest BCUT2D eigenvalue weighted by Crippen LogP contribution is -2.32. The van der Waals surface area contributed by atoms with E-state index in [2.05, 4.69) is 0 Å². The summed E-state index contributed by atoms with van der Waals surface area (Å²) in [7, 11) is -3.47. The lowest BCUT2D eigenvalue weighted by molar-refractivity contribution is -0.137. The molecule has 2 aromatic rings. The third-order valence-electron chi connectivity index (χ3n) is 4.55. The first-order valence-electron chi connectivity index (χ1n) is 9.79. The van der Waals surface area contributed by atoms with Crippen LogP contribution in [0.1, 0.15) is 45.1 Å². The first-order chi connectivity index (χ1) is 13.4. The molecule has 0 aromatic heterocycles. The van der Waals surface area contributed by atoms with Crippen molar-refractivity contribution in [1.29, 1.82) is 0 Å². The number of sulfonamides is 1. The minimum absolute atomic E-state index is 0.156. The summed E-state index contributed by atoms with van der Waals surface area (Å²) in [6.45, 7) is 5.00. The molecule has 28 heavy (non-hydrogen) atoms. The van der Waals surface area contributed by atoms with E-state index < -0.39 is 16.0 Å². The Morgan fingerprint density at radius 1 is 0.964 bits per heavy atom. The highest BCUT2D eigenvalue weighted by atomic mass is 32.2. The van der Waals surface area contributed by atoms with E-state index in [1.54, 1.807) is 16.4 Å². The molecule has 5 nitrogen and oxygen atoms in total. The summed E-state index contributed by atoms with van der Waals surface area (Å²) in [5, 5.41) is 8.77. The second kappa shape index (κ2) is 10.4. The van der Waals surface area contributed by atoms with Crippen molar-refractivity contribution in [3.63, 3.8) is 0 Å². The SMILES string of the molecule is CCCN(CCC)S(=O)(=O)c1ccc(-c2cccc(CCCC(=O)O)c2)cc1. The molecule has 2 rings (SSSR count). The van der Waals surface area contributed by atoms with Crippen LogP contribution in [-0.2, 0) is 21.2 Å². The maximum absolute atomic E-state index is 12.9. The molecule has 0 spiro atoms. The largest absolute Gasteiger partial charge is 0.481 e. The first kappa shape index (κ1) is 22.1. The van der Waals surface area contributed by atoms with Crippen LogP contribution in [0, 0.1) is 0 Å². The Kier molecular flexibility index (Phi) is 8.20. The standard InChI is InChI=1S/C22H29NO4S/c1-3-15-23(16-4-2)28(26,27)21-13-11-19(12-14-21)20-9-5-7-18(17-20)8-6-10-22(24)25/h5,7,9,11-14,17H,3-4,6,8,10,15-16H2,1-2H3,(H,24,25). The molecule has 152 valence electrons. The predicted molar refractivity (Wildman–Crippen MR) is 112 cm³/mol. The second-order valence-corrected chi connectivity index (χ2v) is 8.81. The molecule has 0 unspecified atom stereocenters. The molecule has 2 aromatic carbocycles. The molecule has 0 atom stereocenters. The Hall–Kier alpha value is -2.18. The normalized spacial score (nSPS) is 11.7. The summed E-state index contributed by atoms with van der Waals surface area (Å²) >= 11 is 0. The maximum Gasteiger partial charge on any atom is 0.303 e. The number of nitrogens with zero attached hydrogens (tertiary/aromatic N) is 1. The highest BCUT2D eigenvalue weighted by Gasteiger charge is 2.22. The Morgan fingerprint density at radius 3 is 2.18 bits per heavy atom. The van der Waals surface area contributed by atoms with Crippen LogP contribution in [0.2, 0.25) is 0 Å². The van der Waals surface area contributed by atoms with Crippen LogP contribution in [0.5, 0.6) is 0 Å². The fourth-order valence-corrected chi connectivity index (χ4v) is 4.79. The third kappa shape index (κ3) is 5.91. The number of rotatable bonds is 11. The summed E-state index contributed by atoms with van der Waals surface area (Å²) in [6.07, 6.45) is 3.02. The summed E-state index contributed by atoms with van der Waals surface area (Å²) in [5.41, 5.74) is 3.01. The van der Waals surface area contributed by atoms with Crippen LogP contribution >= 0.6 is 0 Å². The number of hydrogen-bond acceptors (Lipinski definition) is 3. The van der Waals surface area contributed by atoms with Gasteiger partial charge in [0, 0.05) is 19.5 Å². The van der Waals surface area contributed by atoms with E-state index >= 15 is 0 Å². The van der Waals surface area contributed by atoms with Crippen molar-refractivity contribution < 1.29 is 18.3 Å². The zero-order valence-electron chi connectivity index (χ0n) is 16.6. The van der Waals surface area contributed by atoms with Crippen LogP contribution in [0.15, 0.2) is 53.4 Å². The Balaban J connectivity index is 2.19. The van der Waals surface area contributed by atoms with Gasteiger partial charge < -0.3 is 5.11 Å². The Morgan fingerprint density at radius 2 is 1.61 bits per heavy atom. The van der Waals surface area contributed by atoms with Crippen LogP contribution in [-0.4, -0.2) is 36.9 Å². The molecule has 0 amide bonds. The van der Waals surface area contributed by atoms with Gasteiger partial charge in [0.25, 0.3) is 0 Å². The van der Waals surface area contributed by atoms with Crippen LogP contribution < -0.4 is 0 Å². The maximum atomic E-state index is 12.9. The molecule has 0 saturated carbocycles. The lowest BCUT2D eigenvalue weighted by atomic mass is 10.0. The highest BCUT2D eigenvalue weighted by molar-refractivity contribution is 7.89. The fraction of sp³-hybridized carbons (Fsp3) is 0.409. The van der Waals surface area contributed by atoms with E-state index in [4.69, 9.17) is 5.11 Å². The molecule has 0 radical (unpaired) electrons. The number of aryl methyl sites for hydroxylation is 1. The molecule has 0 aliphatic carbocycles. The van der Waals surface area contributed by atoms with Crippen LogP contribution in [0.4, 0.5) is 0 Å². The number of carbonyl (C=O) groups is 1. The number of aliphatic carboxylic acids is 1. The Bertz CT molecular complexity index is 870. The van der Waals surface area contributed by atoms with Gasteiger partial charge in [0.15, 0.2) is 0 Å². The van der Waals surface area contributed by atoms with Crippen molar-refractivity contribution in [3.05, 3.63) is 54.1 Å². The summed E-state index contributed by atoms with van der Waals surface area (Å²) in [5.74, 6) is -0.784.